The lowest BCUT2D eigenvalue weighted by Crippen LogP contribution is -2.26. The molecule has 0 saturated carbocycles. The number of hydrogen-bond acceptors (Lipinski definition) is 4. The van der Waals surface area contributed by atoms with E-state index in [0.717, 1.165) is 16.6 Å². The molecule has 0 aliphatic rings. The Kier molecular flexibility index (Phi) is 4.43. The van der Waals surface area contributed by atoms with Crippen LogP contribution in [-0.4, -0.2) is 22.4 Å². The second kappa shape index (κ2) is 7.19. The number of amides is 1. The van der Waals surface area contributed by atoms with Gasteiger partial charge in [-0.3, -0.25) is 9.78 Å². The van der Waals surface area contributed by atoms with Crippen LogP contribution in [0.5, 0.6) is 0 Å². The largest absolute Gasteiger partial charge is 0.444 e. The molecule has 0 aliphatic heterocycles. The molecule has 0 atom stereocenters. The van der Waals surface area contributed by atoms with Gasteiger partial charge in [0, 0.05) is 30.1 Å². The summed E-state index contributed by atoms with van der Waals surface area (Å²) in [6, 6.07) is 19.1. The van der Waals surface area contributed by atoms with Crippen LogP contribution in [0.15, 0.2) is 77.5 Å². The zero-order valence-electron chi connectivity index (χ0n) is 14.1. The second-order valence-electron chi connectivity index (χ2n) is 5.90. The van der Waals surface area contributed by atoms with Crippen molar-refractivity contribution in [3.8, 4) is 11.5 Å². The SMILES string of the molecule is O=C(NCCc1coc(-c2ccccc2)n1)c1cccc2cccnc12. The summed E-state index contributed by atoms with van der Waals surface area (Å²) in [6.45, 7) is 0.475. The molecule has 0 bridgehead atoms. The highest BCUT2D eigenvalue weighted by molar-refractivity contribution is 6.05. The van der Waals surface area contributed by atoms with Crippen molar-refractivity contribution in [1.29, 1.82) is 0 Å². The van der Waals surface area contributed by atoms with Gasteiger partial charge in [-0.2, -0.15) is 0 Å². The van der Waals surface area contributed by atoms with E-state index in [1.165, 1.54) is 0 Å². The third-order valence-corrected chi connectivity index (χ3v) is 4.12. The first kappa shape index (κ1) is 16.0. The predicted molar refractivity (Wildman–Crippen MR) is 99.7 cm³/mol. The highest BCUT2D eigenvalue weighted by atomic mass is 16.3. The third kappa shape index (κ3) is 3.32. The summed E-state index contributed by atoms with van der Waals surface area (Å²) < 4.78 is 5.52. The standard InChI is InChI=1S/C21H17N3O2/c25-20(18-10-4-8-15-9-5-12-22-19(15)18)23-13-11-17-14-26-21(24-17)16-6-2-1-3-7-16/h1-10,12,14H,11,13H2,(H,23,25). The van der Waals surface area contributed by atoms with Crippen molar-refractivity contribution in [2.75, 3.05) is 6.54 Å². The normalized spacial score (nSPS) is 10.8. The predicted octanol–water partition coefficient (Wildman–Crippen LogP) is 3.86. The summed E-state index contributed by atoms with van der Waals surface area (Å²) in [5.74, 6) is 0.450. The maximum Gasteiger partial charge on any atom is 0.253 e. The first-order valence-corrected chi connectivity index (χ1v) is 8.43. The van der Waals surface area contributed by atoms with Crippen molar-refractivity contribution in [1.82, 2.24) is 15.3 Å². The number of nitrogens with zero attached hydrogens (tertiary/aromatic N) is 2. The van der Waals surface area contributed by atoms with Crippen molar-refractivity contribution in [3.05, 3.63) is 84.4 Å². The molecule has 0 saturated heterocycles. The molecule has 2 aromatic carbocycles. The van der Waals surface area contributed by atoms with Gasteiger partial charge in [0.15, 0.2) is 0 Å². The maximum atomic E-state index is 12.5. The molecule has 0 unspecified atom stereocenters. The molecule has 0 radical (unpaired) electrons. The molecule has 4 aromatic rings. The van der Waals surface area contributed by atoms with E-state index in [-0.39, 0.29) is 5.91 Å². The molecule has 1 N–H and O–H groups in total. The summed E-state index contributed by atoms with van der Waals surface area (Å²) >= 11 is 0. The topological polar surface area (TPSA) is 68.0 Å². The summed E-state index contributed by atoms with van der Waals surface area (Å²) in [5.41, 5.74) is 3.03. The van der Waals surface area contributed by atoms with Gasteiger partial charge < -0.3 is 9.73 Å². The van der Waals surface area contributed by atoms with Crippen LogP contribution >= 0.6 is 0 Å². The molecule has 0 spiro atoms. The molecule has 128 valence electrons. The summed E-state index contributed by atoms with van der Waals surface area (Å²) in [6.07, 6.45) is 3.92. The van der Waals surface area contributed by atoms with E-state index in [1.54, 1.807) is 18.5 Å². The lowest BCUT2D eigenvalue weighted by molar-refractivity contribution is 0.0955. The minimum Gasteiger partial charge on any atom is -0.444 e. The fraction of sp³-hybridized carbons (Fsp3) is 0.0952. The van der Waals surface area contributed by atoms with E-state index < -0.39 is 0 Å². The van der Waals surface area contributed by atoms with E-state index in [0.29, 0.717) is 29.9 Å². The van der Waals surface area contributed by atoms with E-state index in [1.807, 2.05) is 54.6 Å². The fourth-order valence-corrected chi connectivity index (χ4v) is 2.82. The van der Waals surface area contributed by atoms with Gasteiger partial charge in [-0.15, -0.1) is 0 Å². The highest BCUT2D eigenvalue weighted by Crippen LogP contribution is 2.18. The molecule has 0 aliphatic carbocycles. The minimum atomic E-state index is -0.138. The van der Waals surface area contributed by atoms with Crippen LogP contribution in [0.4, 0.5) is 0 Å². The Morgan fingerprint density at radius 2 is 1.85 bits per heavy atom. The summed E-state index contributed by atoms with van der Waals surface area (Å²) in [7, 11) is 0. The zero-order chi connectivity index (χ0) is 17.8. The highest BCUT2D eigenvalue weighted by Gasteiger charge is 2.11. The van der Waals surface area contributed by atoms with Crippen LogP contribution < -0.4 is 5.32 Å². The number of rotatable bonds is 5. The van der Waals surface area contributed by atoms with Crippen LogP contribution in [0, 0.1) is 0 Å². The van der Waals surface area contributed by atoms with Crippen LogP contribution in [0.1, 0.15) is 16.1 Å². The Labute approximate surface area is 150 Å². The van der Waals surface area contributed by atoms with Crippen LogP contribution in [-0.2, 0) is 6.42 Å². The number of benzene rings is 2. The molecule has 26 heavy (non-hydrogen) atoms. The molecule has 4 rings (SSSR count). The molecule has 2 aromatic heterocycles. The Morgan fingerprint density at radius 1 is 1.00 bits per heavy atom. The molecule has 5 heteroatoms. The van der Waals surface area contributed by atoms with Gasteiger partial charge in [0.05, 0.1) is 16.8 Å². The average Bonchev–Trinajstić information content (AvgIpc) is 3.17. The van der Waals surface area contributed by atoms with Crippen molar-refractivity contribution in [2.45, 2.75) is 6.42 Å². The Morgan fingerprint density at radius 3 is 2.73 bits per heavy atom. The summed E-state index contributed by atoms with van der Waals surface area (Å²) in [4.78, 5) is 21.3. The monoisotopic (exact) mass is 343 g/mol. The lowest BCUT2D eigenvalue weighted by Gasteiger charge is -2.06. The van der Waals surface area contributed by atoms with Crippen molar-refractivity contribution in [2.24, 2.45) is 0 Å². The Balaban J connectivity index is 1.40. The van der Waals surface area contributed by atoms with Crippen LogP contribution in [0.2, 0.25) is 0 Å². The molecule has 1 amide bonds. The lowest BCUT2D eigenvalue weighted by atomic mass is 10.1. The van der Waals surface area contributed by atoms with Crippen molar-refractivity contribution >= 4 is 16.8 Å². The van der Waals surface area contributed by atoms with Crippen LogP contribution in [0.25, 0.3) is 22.4 Å². The first-order chi connectivity index (χ1) is 12.8. The zero-order valence-corrected chi connectivity index (χ0v) is 14.1. The van der Waals surface area contributed by atoms with E-state index in [9.17, 15) is 4.79 Å². The van der Waals surface area contributed by atoms with Gasteiger partial charge in [0.25, 0.3) is 5.91 Å². The smallest absolute Gasteiger partial charge is 0.253 e. The van der Waals surface area contributed by atoms with Crippen LogP contribution in [0.3, 0.4) is 0 Å². The molecular formula is C21H17N3O2. The number of oxazole rings is 1. The molecule has 5 nitrogen and oxygen atoms in total. The second-order valence-corrected chi connectivity index (χ2v) is 5.90. The van der Waals surface area contributed by atoms with Crippen molar-refractivity contribution in [3.63, 3.8) is 0 Å². The number of nitrogens with one attached hydrogen (secondary N) is 1. The Bertz CT molecular complexity index is 1040. The quantitative estimate of drug-likeness (QED) is 0.597. The first-order valence-electron chi connectivity index (χ1n) is 8.43. The number of aromatic nitrogens is 2. The van der Waals surface area contributed by atoms with Gasteiger partial charge in [-0.05, 0) is 24.3 Å². The van der Waals surface area contributed by atoms with Gasteiger partial charge >= 0.3 is 0 Å². The molecule has 2 heterocycles. The minimum absolute atomic E-state index is 0.138. The number of carbonyl (C=O) groups excluding carboxylic acids is 1. The average molecular weight is 343 g/mol. The number of fused-ring (bicyclic) bond motifs is 1. The Hall–Kier alpha value is -3.47. The van der Waals surface area contributed by atoms with Gasteiger partial charge in [-0.25, -0.2) is 4.98 Å². The van der Waals surface area contributed by atoms with E-state index >= 15 is 0 Å². The fourth-order valence-electron chi connectivity index (χ4n) is 2.82. The van der Waals surface area contributed by atoms with Gasteiger partial charge in [0.2, 0.25) is 5.89 Å². The number of para-hydroxylation sites is 1. The van der Waals surface area contributed by atoms with E-state index in [2.05, 4.69) is 15.3 Å². The third-order valence-electron chi connectivity index (χ3n) is 4.12. The number of pyridine rings is 1. The number of hydrogen-bond donors (Lipinski definition) is 1. The summed E-state index contributed by atoms with van der Waals surface area (Å²) in [5, 5.41) is 3.88. The maximum absolute atomic E-state index is 12.5. The van der Waals surface area contributed by atoms with Gasteiger partial charge in [0.1, 0.15) is 6.26 Å². The van der Waals surface area contributed by atoms with Gasteiger partial charge in [-0.1, -0.05) is 36.4 Å². The molecule has 0 fully saturated rings. The number of carbonyl (C=O) groups is 1. The van der Waals surface area contributed by atoms with E-state index in [4.69, 9.17) is 4.42 Å². The molecular weight excluding hydrogens is 326 g/mol. The van der Waals surface area contributed by atoms with Crippen molar-refractivity contribution < 1.29 is 9.21 Å².